The van der Waals surface area contributed by atoms with E-state index in [-0.39, 0.29) is 12.2 Å². The van der Waals surface area contributed by atoms with E-state index in [9.17, 15) is 0 Å². The van der Waals surface area contributed by atoms with Gasteiger partial charge in [-0.3, -0.25) is 0 Å². The molecule has 2 unspecified atom stereocenters. The zero-order valence-corrected chi connectivity index (χ0v) is 30.7. The molecule has 0 radical (unpaired) electrons. The van der Waals surface area contributed by atoms with Gasteiger partial charge >= 0.3 is 0 Å². The minimum atomic E-state index is 0.159. The van der Waals surface area contributed by atoms with Gasteiger partial charge in [-0.15, -0.1) is 0 Å². The van der Waals surface area contributed by atoms with Crippen LogP contribution in [0.2, 0.25) is 0 Å². The molecule has 0 aliphatic carbocycles. The molecule has 2 saturated heterocycles. The first-order valence-electron chi connectivity index (χ1n) is 20.0. The summed E-state index contributed by atoms with van der Waals surface area (Å²) in [6.45, 7) is 8.41. The van der Waals surface area contributed by atoms with E-state index in [1.54, 1.807) is 0 Å². The average Bonchev–Trinajstić information content (AvgIpc) is 4.06. The van der Waals surface area contributed by atoms with E-state index in [0.717, 1.165) is 71.0 Å². The molecule has 0 spiro atoms. The van der Waals surface area contributed by atoms with Crippen LogP contribution in [0.5, 0.6) is 23.0 Å². The molecule has 3 heterocycles. The maximum absolute atomic E-state index is 6.41. The van der Waals surface area contributed by atoms with E-state index in [1.807, 2.05) is 12.1 Å². The van der Waals surface area contributed by atoms with Crippen molar-refractivity contribution in [1.29, 1.82) is 0 Å². The number of hydrogen-bond donors (Lipinski definition) is 0. The monoisotopic (exact) mass is 680 g/mol. The van der Waals surface area contributed by atoms with E-state index in [1.165, 1.54) is 116 Å². The van der Waals surface area contributed by atoms with Crippen LogP contribution in [-0.2, 0) is 9.47 Å². The van der Waals surface area contributed by atoms with Gasteiger partial charge < -0.3 is 32.8 Å². The lowest BCUT2D eigenvalue weighted by atomic mass is 10.1. The van der Waals surface area contributed by atoms with Crippen LogP contribution in [0.4, 0.5) is 0 Å². The molecule has 274 valence electrons. The van der Waals surface area contributed by atoms with Crippen LogP contribution in [0.1, 0.15) is 142 Å². The lowest BCUT2D eigenvalue weighted by molar-refractivity contribution is 0.239. The Kier molecular flexibility index (Phi) is 16.5. The molecule has 7 nitrogen and oxygen atoms in total. The fraction of sp³-hybridized carbons (Fsp3) is 0.714. The summed E-state index contributed by atoms with van der Waals surface area (Å²) in [5.74, 6) is 2.91. The van der Waals surface area contributed by atoms with Gasteiger partial charge in [-0.05, 0) is 25.0 Å². The Bertz CT molecular complexity index is 1240. The zero-order chi connectivity index (χ0) is 33.9. The van der Waals surface area contributed by atoms with Crippen LogP contribution >= 0.6 is 0 Å². The Morgan fingerprint density at radius 3 is 1.12 bits per heavy atom. The maximum Gasteiger partial charge on any atom is 0.164 e. The zero-order valence-electron chi connectivity index (χ0n) is 30.7. The predicted molar refractivity (Wildman–Crippen MR) is 199 cm³/mol. The second-order valence-electron chi connectivity index (χ2n) is 14.3. The van der Waals surface area contributed by atoms with Gasteiger partial charge in [-0.25, -0.2) is 0 Å². The average molecular weight is 681 g/mol. The molecule has 0 bridgehead atoms. The molecule has 2 aliphatic heterocycles. The van der Waals surface area contributed by atoms with Gasteiger partial charge in [0.25, 0.3) is 0 Å². The number of furan rings is 1. The smallest absolute Gasteiger partial charge is 0.164 e. The molecule has 0 saturated carbocycles. The molecule has 5 rings (SSSR count). The SMILES string of the molecule is CCCCCCCCCCCCOc1cc2oc3cc(OCCCCCCCCCCCC)c(OCC4CO4)cc3c2cc1OCC1CO1. The standard InChI is InChI=1S/C42H64O7/c1-3-5-7-9-11-13-15-17-19-21-23-43-41-27-37-35(25-39(41)47-31-33-29-45-33)36-26-40(48-32-34-30-46-34)42(28-38(36)49-37)44-24-22-20-18-16-14-12-10-8-6-4-2/h25-28,33-34H,3-24,29-32H2,1-2H3. The summed E-state index contributed by atoms with van der Waals surface area (Å²) >= 11 is 0. The fourth-order valence-electron chi connectivity index (χ4n) is 6.48. The molecule has 0 N–H and O–H groups in total. The van der Waals surface area contributed by atoms with E-state index in [4.69, 9.17) is 32.8 Å². The normalized spacial score (nSPS) is 16.8. The summed E-state index contributed by atoms with van der Waals surface area (Å²) in [5.41, 5.74) is 1.54. The number of fused-ring (bicyclic) bond motifs is 3. The van der Waals surface area contributed by atoms with Crippen molar-refractivity contribution < 1.29 is 32.8 Å². The van der Waals surface area contributed by atoms with Crippen molar-refractivity contribution >= 4 is 21.9 Å². The third-order valence-electron chi connectivity index (χ3n) is 9.77. The molecule has 2 aromatic carbocycles. The Labute approximate surface area is 295 Å². The van der Waals surface area contributed by atoms with Gasteiger partial charge in [0.05, 0.1) is 26.4 Å². The van der Waals surface area contributed by atoms with Crippen molar-refractivity contribution in [3.63, 3.8) is 0 Å². The Morgan fingerprint density at radius 2 is 0.776 bits per heavy atom. The summed E-state index contributed by atoms with van der Waals surface area (Å²) in [7, 11) is 0. The van der Waals surface area contributed by atoms with Gasteiger partial charge in [0.1, 0.15) is 36.6 Å². The van der Waals surface area contributed by atoms with Gasteiger partial charge in [0, 0.05) is 22.9 Å². The first kappa shape index (κ1) is 37.6. The minimum Gasteiger partial charge on any atom is -0.490 e. The van der Waals surface area contributed by atoms with Crippen LogP contribution in [0.3, 0.4) is 0 Å². The highest BCUT2D eigenvalue weighted by atomic mass is 16.6. The molecule has 7 heteroatoms. The molecular formula is C42H64O7. The number of epoxide rings is 2. The molecule has 0 amide bonds. The number of hydrogen-bond acceptors (Lipinski definition) is 7. The highest BCUT2D eigenvalue weighted by Crippen LogP contribution is 2.42. The Balaban J connectivity index is 1.17. The highest BCUT2D eigenvalue weighted by molar-refractivity contribution is 6.07. The van der Waals surface area contributed by atoms with Crippen molar-refractivity contribution in [3.05, 3.63) is 24.3 Å². The van der Waals surface area contributed by atoms with E-state index in [0.29, 0.717) is 26.4 Å². The Hall–Kier alpha value is -2.64. The summed E-state index contributed by atoms with van der Waals surface area (Å²) in [6, 6.07) is 8.07. The fourth-order valence-corrected chi connectivity index (χ4v) is 6.48. The summed E-state index contributed by atoms with van der Waals surface area (Å²) < 4.78 is 42.4. The van der Waals surface area contributed by atoms with Crippen LogP contribution in [-0.4, -0.2) is 51.8 Å². The lowest BCUT2D eigenvalue weighted by Gasteiger charge is -2.13. The maximum atomic E-state index is 6.41. The molecule has 2 aliphatic rings. The third kappa shape index (κ3) is 13.5. The lowest BCUT2D eigenvalue weighted by Crippen LogP contribution is -2.07. The first-order valence-corrected chi connectivity index (χ1v) is 20.0. The number of rotatable bonds is 30. The van der Waals surface area contributed by atoms with Crippen molar-refractivity contribution in [2.75, 3.05) is 39.6 Å². The third-order valence-corrected chi connectivity index (χ3v) is 9.77. The second kappa shape index (κ2) is 21.5. The summed E-state index contributed by atoms with van der Waals surface area (Å²) in [6.07, 6.45) is 26.3. The van der Waals surface area contributed by atoms with Crippen molar-refractivity contribution in [2.45, 2.75) is 154 Å². The number of benzene rings is 2. The van der Waals surface area contributed by atoms with Crippen molar-refractivity contribution in [2.24, 2.45) is 0 Å². The number of unbranched alkanes of at least 4 members (excludes halogenated alkanes) is 18. The van der Waals surface area contributed by atoms with Crippen LogP contribution in [0, 0.1) is 0 Å². The number of ether oxygens (including phenoxy) is 6. The van der Waals surface area contributed by atoms with E-state index >= 15 is 0 Å². The summed E-state index contributed by atoms with van der Waals surface area (Å²) in [4.78, 5) is 0. The molecule has 49 heavy (non-hydrogen) atoms. The van der Waals surface area contributed by atoms with Crippen molar-refractivity contribution in [3.8, 4) is 23.0 Å². The van der Waals surface area contributed by atoms with Crippen LogP contribution < -0.4 is 18.9 Å². The van der Waals surface area contributed by atoms with Gasteiger partial charge in [0.2, 0.25) is 0 Å². The van der Waals surface area contributed by atoms with Crippen molar-refractivity contribution in [1.82, 2.24) is 0 Å². The Morgan fingerprint density at radius 1 is 0.449 bits per heavy atom. The molecule has 2 fully saturated rings. The minimum absolute atomic E-state index is 0.159. The summed E-state index contributed by atoms with van der Waals surface area (Å²) in [5, 5.41) is 1.95. The van der Waals surface area contributed by atoms with Crippen LogP contribution in [0.15, 0.2) is 28.7 Å². The highest BCUT2D eigenvalue weighted by Gasteiger charge is 2.26. The van der Waals surface area contributed by atoms with Gasteiger partial charge in [0.15, 0.2) is 23.0 Å². The molecule has 1 aromatic heterocycles. The molecular weight excluding hydrogens is 616 g/mol. The second-order valence-corrected chi connectivity index (χ2v) is 14.3. The van der Waals surface area contributed by atoms with Gasteiger partial charge in [-0.1, -0.05) is 129 Å². The topological polar surface area (TPSA) is 75.1 Å². The molecule has 3 aromatic rings. The van der Waals surface area contributed by atoms with Gasteiger partial charge in [-0.2, -0.15) is 0 Å². The molecule has 2 atom stereocenters. The van der Waals surface area contributed by atoms with E-state index in [2.05, 4.69) is 26.0 Å². The van der Waals surface area contributed by atoms with E-state index < -0.39 is 0 Å². The predicted octanol–water partition coefficient (Wildman–Crippen LogP) is 11.7. The first-order chi connectivity index (χ1) is 24.2. The largest absolute Gasteiger partial charge is 0.490 e. The van der Waals surface area contributed by atoms with Crippen LogP contribution in [0.25, 0.3) is 21.9 Å². The quantitative estimate of drug-likeness (QED) is 0.0512.